The molecule has 8 N–H and O–H groups in total. The molecular weight excluding hydrogens is 178 g/mol. The standard InChI is InChI=1S/C9H15N5/c1-5-2-8(10)7(9(11)12)3-6(5)4-14-13/h3-5H,2,10,13H2,1H3,(H3,11,12)/p+1. The molecule has 1 unspecified atom stereocenters. The Balaban J connectivity index is 3.08. The fourth-order valence-corrected chi connectivity index (χ4v) is 1.48. The number of nitrogens with two attached hydrogens (primary N) is 4. The normalized spacial score (nSPS) is 22.6. The van der Waals surface area contributed by atoms with Crippen molar-refractivity contribution in [3.05, 3.63) is 22.9 Å². The number of hydrazone groups is 1. The predicted octanol–water partition coefficient (Wildman–Crippen LogP) is -1.77. The maximum Gasteiger partial charge on any atom is 0.272 e. The molecule has 0 amide bonds. The van der Waals surface area contributed by atoms with E-state index in [1.54, 1.807) is 6.21 Å². The second kappa shape index (κ2) is 3.95. The van der Waals surface area contributed by atoms with Gasteiger partial charge in [-0.15, -0.1) is 0 Å². The van der Waals surface area contributed by atoms with Crippen LogP contribution in [0.5, 0.6) is 0 Å². The SMILES string of the molecule is CC1CC(N)=C(C(N)=[NH2+])C=C1C=NN. The number of rotatable bonds is 2. The molecule has 0 saturated heterocycles. The van der Waals surface area contributed by atoms with Gasteiger partial charge < -0.3 is 11.6 Å². The van der Waals surface area contributed by atoms with Crippen LogP contribution >= 0.6 is 0 Å². The quantitative estimate of drug-likeness (QED) is 0.180. The van der Waals surface area contributed by atoms with E-state index < -0.39 is 0 Å². The zero-order valence-corrected chi connectivity index (χ0v) is 8.20. The molecule has 1 aliphatic rings. The summed E-state index contributed by atoms with van der Waals surface area (Å²) in [5.74, 6) is 5.62. The van der Waals surface area contributed by atoms with Crippen molar-refractivity contribution < 1.29 is 5.41 Å². The van der Waals surface area contributed by atoms with E-state index in [2.05, 4.69) is 5.10 Å². The monoisotopic (exact) mass is 194 g/mol. The molecule has 1 aliphatic carbocycles. The number of hydrogen-bond acceptors (Lipinski definition) is 3. The van der Waals surface area contributed by atoms with E-state index in [0.29, 0.717) is 17.2 Å². The fourth-order valence-electron chi connectivity index (χ4n) is 1.48. The van der Waals surface area contributed by atoms with Gasteiger partial charge in [-0.2, -0.15) is 5.10 Å². The van der Waals surface area contributed by atoms with Crippen molar-refractivity contribution in [3.8, 4) is 0 Å². The van der Waals surface area contributed by atoms with E-state index in [4.69, 9.17) is 22.7 Å². The first-order valence-corrected chi connectivity index (χ1v) is 4.38. The van der Waals surface area contributed by atoms with Gasteiger partial charge in [0, 0.05) is 5.70 Å². The molecular formula is C9H16N5+. The zero-order valence-electron chi connectivity index (χ0n) is 8.20. The minimum atomic E-state index is 0.234. The summed E-state index contributed by atoms with van der Waals surface area (Å²) in [7, 11) is 0. The van der Waals surface area contributed by atoms with Crippen LogP contribution in [0.15, 0.2) is 28.0 Å². The van der Waals surface area contributed by atoms with Gasteiger partial charge >= 0.3 is 0 Å². The first kappa shape index (κ1) is 10.3. The molecule has 0 heterocycles. The van der Waals surface area contributed by atoms with Crippen LogP contribution in [0.2, 0.25) is 0 Å². The molecule has 0 spiro atoms. The van der Waals surface area contributed by atoms with E-state index in [1.165, 1.54) is 0 Å². The summed E-state index contributed by atoms with van der Waals surface area (Å²) in [6.45, 7) is 2.05. The third-order valence-electron chi connectivity index (χ3n) is 2.29. The second-order valence-electron chi connectivity index (χ2n) is 3.42. The number of amidine groups is 1. The predicted molar refractivity (Wildman–Crippen MR) is 56.9 cm³/mol. The molecule has 76 valence electrons. The van der Waals surface area contributed by atoms with Crippen LogP contribution in [0.3, 0.4) is 0 Å². The minimum absolute atomic E-state index is 0.234. The summed E-state index contributed by atoms with van der Waals surface area (Å²) in [4.78, 5) is 0. The molecule has 0 radical (unpaired) electrons. The lowest BCUT2D eigenvalue weighted by Crippen LogP contribution is -2.47. The van der Waals surface area contributed by atoms with Crippen LogP contribution in [0.1, 0.15) is 13.3 Å². The van der Waals surface area contributed by atoms with Gasteiger partial charge in [-0.25, -0.2) is 0 Å². The Kier molecular flexibility index (Phi) is 2.91. The van der Waals surface area contributed by atoms with E-state index in [1.807, 2.05) is 13.0 Å². The van der Waals surface area contributed by atoms with Gasteiger partial charge in [-0.1, -0.05) is 6.92 Å². The summed E-state index contributed by atoms with van der Waals surface area (Å²) >= 11 is 0. The molecule has 14 heavy (non-hydrogen) atoms. The van der Waals surface area contributed by atoms with Gasteiger partial charge in [0.05, 0.1) is 11.8 Å². The highest BCUT2D eigenvalue weighted by Gasteiger charge is 2.20. The van der Waals surface area contributed by atoms with Crippen molar-refractivity contribution in [3.63, 3.8) is 0 Å². The van der Waals surface area contributed by atoms with Gasteiger partial charge in [-0.05, 0) is 24.0 Å². The van der Waals surface area contributed by atoms with Crippen molar-refractivity contribution in [2.75, 3.05) is 0 Å². The molecule has 0 fully saturated rings. The molecule has 0 bridgehead atoms. The van der Waals surface area contributed by atoms with E-state index in [9.17, 15) is 0 Å². The lowest BCUT2D eigenvalue weighted by molar-refractivity contribution is -0.114. The van der Waals surface area contributed by atoms with Crippen molar-refractivity contribution in [2.24, 2.45) is 28.3 Å². The second-order valence-corrected chi connectivity index (χ2v) is 3.42. The van der Waals surface area contributed by atoms with Gasteiger partial charge in [0.2, 0.25) is 0 Å². The highest BCUT2D eigenvalue weighted by atomic mass is 15.1. The van der Waals surface area contributed by atoms with Gasteiger partial charge in [0.15, 0.2) is 0 Å². The van der Waals surface area contributed by atoms with E-state index in [-0.39, 0.29) is 5.84 Å². The molecule has 0 aliphatic heterocycles. The largest absolute Gasteiger partial charge is 0.401 e. The average molecular weight is 194 g/mol. The molecule has 5 nitrogen and oxygen atoms in total. The Morgan fingerprint density at radius 2 is 2.36 bits per heavy atom. The molecule has 0 saturated carbocycles. The third-order valence-corrected chi connectivity index (χ3v) is 2.29. The van der Waals surface area contributed by atoms with Crippen LogP contribution in [0.25, 0.3) is 0 Å². The first-order chi connectivity index (χ1) is 6.56. The number of hydrogen-bond donors (Lipinski definition) is 4. The lowest BCUT2D eigenvalue weighted by atomic mass is 9.88. The molecule has 0 aromatic rings. The number of allylic oxidation sites excluding steroid dienone is 2. The Morgan fingerprint density at radius 1 is 1.71 bits per heavy atom. The average Bonchev–Trinajstić information content (AvgIpc) is 2.09. The Hall–Kier alpha value is -1.78. The Bertz CT molecular complexity index is 337. The summed E-state index contributed by atoms with van der Waals surface area (Å²) < 4.78 is 0. The molecule has 0 aromatic heterocycles. The topological polar surface area (TPSA) is 116 Å². The molecule has 0 aromatic carbocycles. The van der Waals surface area contributed by atoms with E-state index in [0.717, 1.165) is 12.0 Å². The smallest absolute Gasteiger partial charge is 0.272 e. The Morgan fingerprint density at radius 3 is 2.86 bits per heavy atom. The number of nitrogens with zero attached hydrogens (tertiary/aromatic N) is 1. The van der Waals surface area contributed by atoms with Gasteiger partial charge in [0.25, 0.3) is 5.84 Å². The van der Waals surface area contributed by atoms with Gasteiger partial charge in [-0.3, -0.25) is 11.1 Å². The maximum absolute atomic E-state index is 5.81. The van der Waals surface area contributed by atoms with E-state index >= 15 is 0 Å². The van der Waals surface area contributed by atoms with Crippen molar-refractivity contribution in [2.45, 2.75) is 13.3 Å². The molecule has 5 heteroatoms. The lowest BCUT2D eigenvalue weighted by Gasteiger charge is -2.19. The summed E-state index contributed by atoms with van der Waals surface area (Å²) in [6.07, 6.45) is 4.15. The maximum atomic E-state index is 5.81. The third kappa shape index (κ3) is 1.93. The minimum Gasteiger partial charge on any atom is -0.401 e. The molecule has 1 rings (SSSR count). The highest BCUT2D eigenvalue weighted by molar-refractivity contribution is 5.98. The van der Waals surface area contributed by atoms with Gasteiger partial charge in [0.1, 0.15) is 0 Å². The summed E-state index contributed by atoms with van der Waals surface area (Å²) in [6, 6.07) is 0. The first-order valence-electron chi connectivity index (χ1n) is 4.38. The van der Waals surface area contributed by atoms with Crippen molar-refractivity contribution in [1.29, 1.82) is 0 Å². The van der Waals surface area contributed by atoms with Crippen LogP contribution in [0, 0.1) is 5.92 Å². The van der Waals surface area contributed by atoms with Crippen molar-refractivity contribution >= 4 is 12.1 Å². The summed E-state index contributed by atoms with van der Waals surface area (Å²) in [5.41, 5.74) is 13.7. The van der Waals surface area contributed by atoms with Crippen molar-refractivity contribution in [1.82, 2.24) is 0 Å². The highest BCUT2D eigenvalue weighted by Crippen LogP contribution is 2.24. The zero-order chi connectivity index (χ0) is 10.7. The molecule has 1 atom stereocenters. The van der Waals surface area contributed by atoms with Crippen LogP contribution in [-0.2, 0) is 0 Å². The van der Waals surface area contributed by atoms with Crippen LogP contribution in [-0.4, -0.2) is 12.1 Å². The van der Waals surface area contributed by atoms with Crippen LogP contribution < -0.4 is 22.7 Å². The Labute approximate surface area is 82.8 Å². The fraction of sp³-hybridized carbons (Fsp3) is 0.333. The summed E-state index contributed by atoms with van der Waals surface area (Å²) in [5, 5.41) is 8.98. The van der Waals surface area contributed by atoms with Crippen LogP contribution in [0.4, 0.5) is 0 Å².